The average Bonchev–Trinajstić information content (AvgIpc) is 2.46. The molecule has 2 aromatic rings. The normalized spacial score (nSPS) is 12.1. The molecule has 0 amide bonds. The number of rotatable bonds is 4. The molecule has 1 radical (unpaired) electrons. The van der Waals surface area contributed by atoms with Crippen molar-refractivity contribution in [2.24, 2.45) is 0 Å². The van der Waals surface area contributed by atoms with Crippen LogP contribution in [0.5, 0.6) is 5.75 Å². The zero-order chi connectivity index (χ0) is 14.7. The highest BCUT2D eigenvalue weighted by atomic mass is 31.0. The predicted molar refractivity (Wildman–Crippen MR) is 91.0 cm³/mol. The van der Waals surface area contributed by atoms with E-state index < -0.39 is 0 Å². The fourth-order valence-corrected chi connectivity index (χ4v) is 3.21. The first kappa shape index (κ1) is 15.1. The Morgan fingerprint density at radius 1 is 1.05 bits per heavy atom. The Hall–Kier alpha value is -1.27. The Morgan fingerprint density at radius 3 is 2.25 bits per heavy atom. The van der Waals surface area contributed by atoms with Gasteiger partial charge in [0.05, 0.1) is 7.11 Å². The molecule has 1 nitrogen and oxygen atoms in total. The van der Waals surface area contributed by atoms with Gasteiger partial charge in [-0.2, -0.15) is 9.12 Å². The Morgan fingerprint density at radius 2 is 1.70 bits per heavy atom. The molecular formula is C17H21BOP. The minimum absolute atomic E-state index is 0.296. The second-order valence-corrected chi connectivity index (χ2v) is 5.53. The minimum atomic E-state index is 0.296. The van der Waals surface area contributed by atoms with Crippen LogP contribution in [0.4, 0.5) is 0 Å². The first-order valence-corrected chi connectivity index (χ1v) is 7.51. The summed E-state index contributed by atoms with van der Waals surface area (Å²) in [6, 6.07) is 12.9. The zero-order valence-corrected chi connectivity index (χ0v) is 13.8. The molecule has 20 heavy (non-hydrogen) atoms. The van der Waals surface area contributed by atoms with Gasteiger partial charge in [-0.25, -0.2) is 0 Å². The fraction of sp³-hybridized carbons (Fsp3) is 0.294. The summed E-state index contributed by atoms with van der Waals surface area (Å²) >= 11 is 0. The van der Waals surface area contributed by atoms with Crippen molar-refractivity contribution >= 4 is 16.1 Å². The summed E-state index contributed by atoms with van der Waals surface area (Å²) in [7, 11) is 4.50. The van der Waals surface area contributed by atoms with Gasteiger partial charge in [-0.3, -0.25) is 0 Å². The molecule has 2 unspecified atom stereocenters. The van der Waals surface area contributed by atoms with E-state index in [2.05, 4.69) is 73.3 Å². The molecule has 0 heterocycles. The van der Waals surface area contributed by atoms with Gasteiger partial charge in [-0.15, -0.1) is 0 Å². The molecule has 0 aliphatic rings. The van der Waals surface area contributed by atoms with Crippen LogP contribution in [0.15, 0.2) is 36.4 Å². The van der Waals surface area contributed by atoms with Gasteiger partial charge < -0.3 is 4.74 Å². The van der Waals surface area contributed by atoms with Gasteiger partial charge in [0.25, 0.3) is 0 Å². The maximum Gasteiger partial charge on any atom is 0.153 e. The molecule has 0 bridgehead atoms. The lowest BCUT2D eigenvalue weighted by Crippen LogP contribution is -2.09. The van der Waals surface area contributed by atoms with Crippen molar-refractivity contribution in [2.45, 2.75) is 26.6 Å². The van der Waals surface area contributed by atoms with Crippen LogP contribution < -0.4 is 4.74 Å². The van der Waals surface area contributed by atoms with Gasteiger partial charge in [0.15, 0.2) is 7.00 Å². The monoisotopic (exact) mass is 283 g/mol. The summed E-state index contributed by atoms with van der Waals surface area (Å²) in [5.41, 5.74) is 6.39. The molecule has 103 valence electrons. The topological polar surface area (TPSA) is 9.23 Å². The van der Waals surface area contributed by atoms with Crippen molar-refractivity contribution in [3.63, 3.8) is 0 Å². The van der Waals surface area contributed by atoms with Gasteiger partial charge in [0.2, 0.25) is 0 Å². The Bertz CT molecular complexity index is 596. The van der Waals surface area contributed by atoms with Crippen molar-refractivity contribution < 1.29 is 4.74 Å². The van der Waals surface area contributed by atoms with Crippen LogP contribution >= 0.6 is 9.12 Å². The van der Waals surface area contributed by atoms with E-state index in [1.165, 1.54) is 27.8 Å². The molecule has 0 aliphatic carbocycles. The third-order valence-corrected chi connectivity index (χ3v) is 4.34. The number of benzene rings is 2. The third-order valence-electron chi connectivity index (χ3n) is 3.96. The van der Waals surface area contributed by atoms with E-state index in [0.29, 0.717) is 5.82 Å². The van der Waals surface area contributed by atoms with Crippen LogP contribution in [0.2, 0.25) is 0 Å². The highest BCUT2D eigenvalue weighted by Crippen LogP contribution is 2.35. The number of methoxy groups -OCH3 is 1. The van der Waals surface area contributed by atoms with E-state index in [9.17, 15) is 0 Å². The molecule has 2 rings (SSSR count). The van der Waals surface area contributed by atoms with Crippen molar-refractivity contribution in [3.05, 3.63) is 64.2 Å². The van der Waals surface area contributed by atoms with Crippen LogP contribution in [0.25, 0.3) is 0 Å². The summed E-state index contributed by atoms with van der Waals surface area (Å²) in [5.74, 6) is 1.30. The fourth-order valence-electron chi connectivity index (χ4n) is 2.78. The van der Waals surface area contributed by atoms with Gasteiger partial charge in [-0.05, 0) is 54.4 Å². The number of ether oxygens (including phenoxy) is 1. The lowest BCUT2D eigenvalue weighted by molar-refractivity contribution is 0.408. The molecule has 3 heteroatoms. The summed E-state index contributed by atoms with van der Waals surface area (Å²) in [6.07, 6.45) is 0. The van der Waals surface area contributed by atoms with Gasteiger partial charge in [0.1, 0.15) is 5.75 Å². The van der Waals surface area contributed by atoms with Gasteiger partial charge in [-0.1, -0.05) is 36.4 Å². The highest BCUT2D eigenvalue weighted by molar-refractivity contribution is 7.56. The first-order chi connectivity index (χ1) is 9.60. The second kappa shape index (κ2) is 6.46. The Kier molecular flexibility index (Phi) is 4.88. The van der Waals surface area contributed by atoms with Crippen molar-refractivity contribution in [1.29, 1.82) is 0 Å². The molecular weight excluding hydrogens is 262 g/mol. The van der Waals surface area contributed by atoms with E-state index in [0.717, 1.165) is 5.75 Å². The molecule has 0 fully saturated rings. The summed E-state index contributed by atoms with van der Waals surface area (Å²) in [6.45, 7) is 8.61. The van der Waals surface area contributed by atoms with E-state index in [1.807, 2.05) is 0 Å². The summed E-state index contributed by atoms with van der Waals surface area (Å²) < 4.78 is 5.52. The minimum Gasteiger partial charge on any atom is -0.496 e. The second-order valence-electron chi connectivity index (χ2n) is 5.15. The molecule has 0 N–H and O–H groups in total. The van der Waals surface area contributed by atoms with Gasteiger partial charge in [0, 0.05) is 0 Å². The average molecular weight is 283 g/mol. The number of hydrogen-bond acceptors (Lipinski definition) is 1. The number of hydrogen-bond donors (Lipinski definition) is 0. The first-order valence-electron chi connectivity index (χ1n) is 6.84. The van der Waals surface area contributed by atoms with Crippen molar-refractivity contribution in [2.75, 3.05) is 7.11 Å². The SMILES string of the molecule is COc1c(C)cc(C([B]P)c2ccccc2)c(C)c1C. The Labute approximate surface area is 125 Å². The highest BCUT2D eigenvalue weighted by Gasteiger charge is 2.19. The van der Waals surface area contributed by atoms with E-state index in [-0.39, 0.29) is 0 Å². The molecule has 0 saturated heterocycles. The van der Waals surface area contributed by atoms with Crippen LogP contribution in [0.1, 0.15) is 33.6 Å². The summed E-state index contributed by atoms with van der Waals surface area (Å²) in [5, 5.41) is 0. The quantitative estimate of drug-likeness (QED) is 0.603. The van der Waals surface area contributed by atoms with E-state index in [1.54, 1.807) is 7.11 Å². The van der Waals surface area contributed by atoms with E-state index >= 15 is 0 Å². The molecule has 0 aliphatic heterocycles. The largest absolute Gasteiger partial charge is 0.496 e. The maximum atomic E-state index is 5.52. The standard InChI is InChI=1S/C17H21BOP/c1-11-10-15(12(2)13(3)17(11)19-4)16(18-20)14-8-6-5-7-9-14/h5-10,16H,20H2,1-4H3. The third kappa shape index (κ3) is 2.76. The molecule has 2 atom stereocenters. The Balaban J connectivity index is 2.57. The lowest BCUT2D eigenvalue weighted by Gasteiger charge is -2.22. The lowest BCUT2D eigenvalue weighted by atomic mass is 9.72. The predicted octanol–water partition coefficient (Wildman–Crippen LogP) is 4.20. The van der Waals surface area contributed by atoms with Crippen molar-refractivity contribution in [1.82, 2.24) is 0 Å². The molecule has 0 saturated carbocycles. The molecule has 0 spiro atoms. The van der Waals surface area contributed by atoms with Crippen molar-refractivity contribution in [3.8, 4) is 5.75 Å². The maximum absolute atomic E-state index is 5.52. The van der Waals surface area contributed by atoms with Crippen LogP contribution in [0, 0.1) is 20.8 Å². The van der Waals surface area contributed by atoms with E-state index in [4.69, 9.17) is 4.74 Å². The molecule has 2 aromatic carbocycles. The van der Waals surface area contributed by atoms with Gasteiger partial charge >= 0.3 is 0 Å². The number of aryl methyl sites for hydroxylation is 1. The molecule has 0 aromatic heterocycles. The smallest absolute Gasteiger partial charge is 0.153 e. The van der Waals surface area contributed by atoms with Crippen LogP contribution in [-0.4, -0.2) is 14.1 Å². The van der Waals surface area contributed by atoms with Crippen LogP contribution in [-0.2, 0) is 0 Å². The summed E-state index contributed by atoms with van der Waals surface area (Å²) in [4.78, 5) is 0. The van der Waals surface area contributed by atoms with Crippen LogP contribution in [0.3, 0.4) is 0 Å². The zero-order valence-electron chi connectivity index (χ0n) is 12.6.